The summed E-state index contributed by atoms with van der Waals surface area (Å²) in [6.45, 7) is 9.01. The molecule has 0 N–H and O–H groups in total. The molecule has 1 atom stereocenters. The summed E-state index contributed by atoms with van der Waals surface area (Å²) in [6.07, 6.45) is 4.61. The minimum Gasteiger partial charge on any atom is -1.00 e. The van der Waals surface area contributed by atoms with E-state index in [2.05, 4.69) is 64.1 Å². The Hall–Kier alpha value is -0.227. The Kier molecular flexibility index (Phi) is 7.78. The van der Waals surface area contributed by atoms with Crippen molar-refractivity contribution in [1.82, 2.24) is 0 Å². The Morgan fingerprint density at radius 3 is 1.95 bits per heavy atom. The summed E-state index contributed by atoms with van der Waals surface area (Å²) >= 11 is 0. The molecule has 21 heavy (non-hydrogen) atoms. The first kappa shape index (κ1) is 20.8. The minimum atomic E-state index is 0. The van der Waals surface area contributed by atoms with Crippen LogP contribution in [0.2, 0.25) is 0 Å². The summed E-state index contributed by atoms with van der Waals surface area (Å²) in [7, 11) is 0. The molecule has 0 bridgehead atoms. The largest absolute Gasteiger partial charge is 4.00 e. The number of allylic oxidation sites excluding steroid dienone is 1. The van der Waals surface area contributed by atoms with Gasteiger partial charge in [-0.25, -0.2) is 0 Å². The van der Waals surface area contributed by atoms with Crippen LogP contribution in [-0.4, -0.2) is 0 Å². The number of halogens is 2. The van der Waals surface area contributed by atoms with E-state index in [4.69, 9.17) is 0 Å². The minimum absolute atomic E-state index is 0. The monoisotopic (exact) mass is 395 g/mol. The van der Waals surface area contributed by atoms with Gasteiger partial charge in [0.25, 0.3) is 0 Å². The van der Waals surface area contributed by atoms with Crippen molar-refractivity contribution in [2.24, 2.45) is 0 Å². The topological polar surface area (TPSA) is 0 Å². The van der Waals surface area contributed by atoms with E-state index in [1.807, 2.05) is 0 Å². The molecular formula is C18H19Cl2Zr+. The maximum atomic E-state index is 2.35. The molecule has 0 radical (unpaired) electrons. The van der Waals surface area contributed by atoms with Crippen LogP contribution in [0.15, 0.2) is 30.3 Å². The Balaban J connectivity index is 0.00000133. The summed E-state index contributed by atoms with van der Waals surface area (Å²) in [4.78, 5) is 0. The molecule has 1 aliphatic carbocycles. The molecule has 0 amide bonds. The molecule has 1 unspecified atom stereocenters. The van der Waals surface area contributed by atoms with Gasteiger partial charge in [0, 0.05) is 0 Å². The van der Waals surface area contributed by atoms with E-state index in [1.165, 1.54) is 38.9 Å². The Labute approximate surface area is 159 Å². The molecule has 0 spiro atoms. The van der Waals surface area contributed by atoms with Crippen LogP contribution in [0.3, 0.4) is 0 Å². The van der Waals surface area contributed by atoms with Crippen molar-refractivity contribution in [3.05, 3.63) is 69.3 Å². The first-order valence-corrected chi connectivity index (χ1v) is 6.61. The molecule has 0 aliphatic heterocycles. The van der Waals surface area contributed by atoms with E-state index in [-0.39, 0.29) is 51.0 Å². The molecular weight excluding hydrogens is 378 g/mol. The van der Waals surface area contributed by atoms with Gasteiger partial charge in [-0.1, -0.05) is 64.1 Å². The van der Waals surface area contributed by atoms with Gasteiger partial charge in [-0.15, -0.1) is 5.56 Å². The normalized spacial score (nSPS) is 14.8. The molecule has 0 saturated carbocycles. The molecule has 0 heterocycles. The van der Waals surface area contributed by atoms with E-state index in [0.717, 1.165) is 0 Å². The van der Waals surface area contributed by atoms with E-state index < -0.39 is 0 Å². The maximum absolute atomic E-state index is 2.35. The quantitative estimate of drug-likeness (QED) is 0.531. The fraction of sp³-hybridized carbons (Fsp3) is 0.278. The summed E-state index contributed by atoms with van der Waals surface area (Å²) in [5.41, 5.74) is 10.2. The van der Waals surface area contributed by atoms with Crippen LogP contribution in [0.5, 0.6) is 0 Å². The van der Waals surface area contributed by atoms with Gasteiger partial charge < -0.3 is 24.8 Å². The van der Waals surface area contributed by atoms with Crippen molar-refractivity contribution < 1.29 is 51.0 Å². The first-order valence-electron chi connectivity index (χ1n) is 6.61. The van der Waals surface area contributed by atoms with Crippen molar-refractivity contribution in [2.45, 2.75) is 33.6 Å². The SMILES string of the molecule is Cc1c(C)c(C)[c-](C2C=Cc3ccccc32)c1C.[Cl-].[Cl-].[Zr+4]. The Morgan fingerprint density at radius 2 is 1.38 bits per heavy atom. The fourth-order valence-corrected chi connectivity index (χ4v) is 3.22. The van der Waals surface area contributed by atoms with Crippen LogP contribution >= 0.6 is 0 Å². The van der Waals surface area contributed by atoms with Gasteiger partial charge in [0.15, 0.2) is 0 Å². The van der Waals surface area contributed by atoms with Crippen LogP contribution < -0.4 is 24.8 Å². The summed E-state index contributed by atoms with van der Waals surface area (Å²) in [6, 6.07) is 8.73. The van der Waals surface area contributed by atoms with E-state index >= 15 is 0 Å². The van der Waals surface area contributed by atoms with Gasteiger partial charge in [0.1, 0.15) is 0 Å². The van der Waals surface area contributed by atoms with Crippen molar-refractivity contribution >= 4 is 6.08 Å². The summed E-state index contributed by atoms with van der Waals surface area (Å²) < 4.78 is 0. The third-order valence-corrected chi connectivity index (χ3v) is 4.61. The average molecular weight is 397 g/mol. The fourth-order valence-electron chi connectivity index (χ4n) is 3.22. The second kappa shape index (κ2) is 7.86. The molecule has 0 nitrogen and oxygen atoms in total. The molecule has 1 aliphatic rings. The predicted molar refractivity (Wildman–Crippen MR) is 78.3 cm³/mol. The van der Waals surface area contributed by atoms with E-state index in [0.29, 0.717) is 5.92 Å². The number of benzene rings is 1. The van der Waals surface area contributed by atoms with Crippen molar-refractivity contribution in [3.8, 4) is 0 Å². The number of fused-ring (bicyclic) bond motifs is 1. The first-order chi connectivity index (χ1) is 8.61. The van der Waals surface area contributed by atoms with Gasteiger partial charge in [-0.05, 0) is 17.0 Å². The van der Waals surface area contributed by atoms with Crippen LogP contribution in [0.4, 0.5) is 0 Å². The number of hydrogen-bond donors (Lipinski definition) is 0. The average Bonchev–Trinajstić information content (AvgIpc) is 2.87. The van der Waals surface area contributed by atoms with Gasteiger partial charge in [-0.2, -0.15) is 22.3 Å². The van der Waals surface area contributed by atoms with Gasteiger partial charge in [0.05, 0.1) is 0 Å². The molecule has 108 valence electrons. The van der Waals surface area contributed by atoms with Gasteiger partial charge >= 0.3 is 26.2 Å². The second-order valence-electron chi connectivity index (χ2n) is 5.38. The van der Waals surface area contributed by atoms with Crippen LogP contribution in [0.1, 0.15) is 44.9 Å². The molecule has 2 aromatic carbocycles. The summed E-state index contributed by atoms with van der Waals surface area (Å²) in [5, 5.41) is 0. The molecule has 0 fully saturated rings. The van der Waals surface area contributed by atoms with Gasteiger partial charge in [-0.3, -0.25) is 0 Å². The Morgan fingerprint density at radius 1 is 0.857 bits per heavy atom. The second-order valence-corrected chi connectivity index (χ2v) is 5.38. The molecule has 0 saturated heterocycles. The zero-order valence-electron chi connectivity index (χ0n) is 12.8. The zero-order chi connectivity index (χ0) is 12.9. The van der Waals surface area contributed by atoms with E-state index in [9.17, 15) is 0 Å². The van der Waals surface area contributed by atoms with Crippen molar-refractivity contribution in [1.29, 1.82) is 0 Å². The third-order valence-electron chi connectivity index (χ3n) is 4.61. The van der Waals surface area contributed by atoms with Gasteiger partial charge in [0.2, 0.25) is 0 Å². The standard InChI is InChI=1S/C18H19.2ClH.Zr/c1-11-12(2)14(4)18(13(11)3)17-10-9-15-7-5-6-8-16(15)17;;;/h5-10,17H,1-4H3;2*1H;/q-1;;;+4/p-2. The maximum Gasteiger partial charge on any atom is 4.00 e. The van der Waals surface area contributed by atoms with E-state index in [1.54, 1.807) is 0 Å². The Bertz CT molecular complexity index is 628. The van der Waals surface area contributed by atoms with Crippen LogP contribution in [-0.2, 0) is 26.2 Å². The zero-order valence-corrected chi connectivity index (χ0v) is 16.8. The van der Waals surface area contributed by atoms with Crippen LogP contribution in [0, 0.1) is 27.7 Å². The van der Waals surface area contributed by atoms with Crippen LogP contribution in [0.25, 0.3) is 6.08 Å². The van der Waals surface area contributed by atoms with Crippen molar-refractivity contribution in [2.75, 3.05) is 0 Å². The number of hydrogen-bond acceptors (Lipinski definition) is 0. The van der Waals surface area contributed by atoms with Crippen molar-refractivity contribution in [3.63, 3.8) is 0 Å². The smallest absolute Gasteiger partial charge is 1.00 e. The summed E-state index contributed by atoms with van der Waals surface area (Å²) in [5.74, 6) is 0.452. The number of rotatable bonds is 1. The molecule has 3 heteroatoms. The predicted octanol–water partition coefficient (Wildman–Crippen LogP) is -1.20. The molecule has 2 aromatic rings. The third kappa shape index (κ3) is 3.26. The molecule has 3 rings (SSSR count). The molecule has 0 aromatic heterocycles.